The predicted octanol–water partition coefficient (Wildman–Crippen LogP) is 1.49. The van der Waals surface area contributed by atoms with Gasteiger partial charge in [0.25, 0.3) is 0 Å². The van der Waals surface area contributed by atoms with Gasteiger partial charge in [0.05, 0.1) is 0 Å². The number of rotatable bonds is 6. The number of aryl methyl sites for hydroxylation is 1. The maximum Gasteiger partial charge on any atom is 0.182 e. The van der Waals surface area contributed by atoms with Gasteiger partial charge in [0, 0.05) is 31.5 Å². The zero-order valence-corrected chi connectivity index (χ0v) is 10.7. The highest BCUT2D eigenvalue weighted by Gasteiger charge is 2.10. The van der Waals surface area contributed by atoms with Gasteiger partial charge in [0.1, 0.15) is 5.82 Å². The molecule has 0 amide bonds. The van der Waals surface area contributed by atoms with Crippen molar-refractivity contribution >= 4 is 5.69 Å². The van der Waals surface area contributed by atoms with Crippen LogP contribution in [0, 0.1) is 5.82 Å². The minimum atomic E-state index is -0.399. The van der Waals surface area contributed by atoms with Crippen molar-refractivity contribution in [2.45, 2.75) is 19.4 Å². The largest absolute Gasteiger partial charge is 0.399 e. The molecule has 1 aromatic carbocycles. The van der Waals surface area contributed by atoms with Crippen molar-refractivity contribution in [3.05, 3.63) is 24.0 Å². The molecule has 0 saturated heterocycles. The van der Waals surface area contributed by atoms with Crippen molar-refractivity contribution in [2.75, 3.05) is 19.5 Å². The average molecular weight is 265 g/mol. The minimum Gasteiger partial charge on any atom is -0.399 e. The number of tetrazole rings is 1. The van der Waals surface area contributed by atoms with E-state index >= 15 is 0 Å². The molecule has 6 nitrogen and oxygen atoms in total. The fourth-order valence-electron chi connectivity index (χ4n) is 1.81. The number of benzene rings is 1. The summed E-state index contributed by atoms with van der Waals surface area (Å²) in [5.74, 6) is 0.118. The first kappa shape index (κ1) is 13.4. The van der Waals surface area contributed by atoms with Gasteiger partial charge in [-0.2, -0.15) is 0 Å². The van der Waals surface area contributed by atoms with Crippen molar-refractivity contribution < 1.29 is 9.13 Å². The summed E-state index contributed by atoms with van der Waals surface area (Å²) in [4.78, 5) is 0. The van der Waals surface area contributed by atoms with Gasteiger partial charge >= 0.3 is 0 Å². The summed E-state index contributed by atoms with van der Waals surface area (Å²) in [5.41, 5.74) is 6.55. The Bertz CT molecular complexity index is 522. The number of hydrogen-bond acceptors (Lipinski definition) is 5. The van der Waals surface area contributed by atoms with E-state index in [4.69, 9.17) is 10.5 Å². The Morgan fingerprint density at radius 2 is 2.16 bits per heavy atom. The normalized spacial score (nSPS) is 10.8. The molecule has 2 N–H and O–H groups in total. The molecule has 0 atom stereocenters. The molecule has 0 aliphatic heterocycles. The summed E-state index contributed by atoms with van der Waals surface area (Å²) >= 11 is 0. The first-order chi connectivity index (χ1) is 9.20. The lowest BCUT2D eigenvalue weighted by Gasteiger charge is -2.05. The number of methoxy groups -OCH3 is 1. The molecule has 0 fully saturated rings. The Kier molecular flexibility index (Phi) is 4.40. The lowest BCUT2D eigenvalue weighted by Crippen LogP contribution is -2.04. The molecule has 19 heavy (non-hydrogen) atoms. The fourth-order valence-corrected chi connectivity index (χ4v) is 1.81. The number of nitrogens with zero attached hydrogens (tertiary/aromatic N) is 4. The lowest BCUT2D eigenvalue weighted by molar-refractivity contribution is 0.191. The quantitative estimate of drug-likeness (QED) is 0.632. The Hall–Kier alpha value is -2.02. The Morgan fingerprint density at radius 1 is 1.32 bits per heavy atom. The molecular formula is C12H16FN5O. The van der Waals surface area contributed by atoms with Crippen LogP contribution in [-0.2, 0) is 11.3 Å². The maximum absolute atomic E-state index is 13.3. The van der Waals surface area contributed by atoms with Gasteiger partial charge in [0.2, 0.25) is 0 Å². The third-order valence-corrected chi connectivity index (χ3v) is 2.68. The van der Waals surface area contributed by atoms with E-state index in [-0.39, 0.29) is 0 Å². The third-order valence-electron chi connectivity index (χ3n) is 2.68. The lowest BCUT2D eigenvalue weighted by atomic mass is 10.2. The molecule has 0 saturated carbocycles. The molecule has 2 aromatic rings. The maximum atomic E-state index is 13.3. The highest BCUT2D eigenvalue weighted by molar-refractivity contribution is 5.61. The monoisotopic (exact) mass is 265 g/mol. The van der Waals surface area contributed by atoms with Gasteiger partial charge in [-0.1, -0.05) is 0 Å². The topological polar surface area (TPSA) is 78.8 Å². The van der Waals surface area contributed by atoms with Gasteiger partial charge in [-0.05, 0) is 41.5 Å². The van der Waals surface area contributed by atoms with Crippen LogP contribution in [0.25, 0.3) is 11.4 Å². The molecule has 1 aromatic heterocycles. The van der Waals surface area contributed by atoms with Crippen LogP contribution in [0.4, 0.5) is 10.1 Å². The summed E-state index contributed by atoms with van der Waals surface area (Å²) in [6, 6.07) is 4.28. The van der Waals surface area contributed by atoms with E-state index < -0.39 is 5.82 Å². The van der Waals surface area contributed by atoms with Crippen LogP contribution >= 0.6 is 0 Å². The summed E-state index contributed by atoms with van der Waals surface area (Å²) in [5, 5.41) is 11.4. The molecule has 0 radical (unpaired) electrons. The molecule has 0 spiro atoms. The second-order valence-electron chi connectivity index (χ2n) is 4.20. The number of anilines is 1. The van der Waals surface area contributed by atoms with Crippen LogP contribution in [0.5, 0.6) is 0 Å². The molecule has 0 unspecified atom stereocenters. The number of ether oxygens (including phenoxy) is 1. The van der Waals surface area contributed by atoms with Gasteiger partial charge in [-0.25, -0.2) is 9.07 Å². The molecule has 0 aliphatic carbocycles. The van der Waals surface area contributed by atoms with E-state index in [0.717, 1.165) is 12.8 Å². The van der Waals surface area contributed by atoms with Crippen molar-refractivity contribution in [3.63, 3.8) is 0 Å². The van der Waals surface area contributed by atoms with Crippen molar-refractivity contribution in [1.29, 1.82) is 0 Å². The molecule has 2 rings (SSSR count). The smallest absolute Gasteiger partial charge is 0.182 e. The number of unbranched alkanes of at least 4 members (excludes halogenated alkanes) is 1. The SMILES string of the molecule is COCCCCn1nnnc1-c1cc(N)cc(F)c1. The van der Waals surface area contributed by atoms with Crippen molar-refractivity contribution in [3.8, 4) is 11.4 Å². The van der Waals surface area contributed by atoms with Crippen molar-refractivity contribution in [1.82, 2.24) is 20.2 Å². The fraction of sp³-hybridized carbons (Fsp3) is 0.417. The van der Waals surface area contributed by atoms with E-state index in [1.807, 2.05) is 0 Å². The molecular weight excluding hydrogens is 249 g/mol. The summed E-state index contributed by atoms with van der Waals surface area (Å²) < 4.78 is 20.0. The molecule has 7 heteroatoms. The molecule has 102 valence electrons. The Morgan fingerprint density at radius 3 is 2.89 bits per heavy atom. The molecule has 0 bridgehead atoms. The van der Waals surface area contributed by atoms with Crippen molar-refractivity contribution in [2.24, 2.45) is 0 Å². The summed E-state index contributed by atoms with van der Waals surface area (Å²) in [6.07, 6.45) is 1.80. The second kappa shape index (κ2) is 6.24. The van der Waals surface area contributed by atoms with Gasteiger partial charge in [-0.3, -0.25) is 0 Å². The number of nitrogens with two attached hydrogens (primary N) is 1. The van der Waals surface area contributed by atoms with Crippen LogP contribution < -0.4 is 5.73 Å². The third kappa shape index (κ3) is 3.47. The number of hydrogen-bond donors (Lipinski definition) is 1. The van der Waals surface area contributed by atoms with E-state index in [9.17, 15) is 4.39 Å². The van der Waals surface area contributed by atoms with E-state index in [0.29, 0.717) is 30.2 Å². The first-order valence-corrected chi connectivity index (χ1v) is 6.02. The van der Waals surface area contributed by atoms with Gasteiger partial charge < -0.3 is 10.5 Å². The molecule has 0 aliphatic rings. The number of nitrogen functional groups attached to an aromatic ring is 1. The Labute approximate surface area is 110 Å². The Balaban J connectivity index is 2.14. The van der Waals surface area contributed by atoms with Crippen LogP contribution in [0.3, 0.4) is 0 Å². The van der Waals surface area contributed by atoms with Crippen LogP contribution in [-0.4, -0.2) is 33.9 Å². The predicted molar refractivity (Wildman–Crippen MR) is 68.7 cm³/mol. The van der Waals surface area contributed by atoms with Crippen LogP contribution in [0.2, 0.25) is 0 Å². The standard InChI is InChI=1S/C12H16FN5O/c1-19-5-3-2-4-18-12(15-16-17-18)9-6-10(13)8-11(14)7-9/h6-8H,2-5,14H2,1H3. The van der Waals surface area contributed by atoms with E-state index in [2.05, 4.69) is 15.5 Å². The summed E-state index contributed by atoms with van der Waals surface area (Å²) in [7, 11) is 1.66. The minimum absolute atomic E-state index is 0.351. The zero-order valence-electron chi connectivity index (χ0n) is 10.7. The first-order valence-electron chi connectivity index (χ1n) is 6.02. The molecule has 1 heterocycles. The summed E-state index contributed by atoms with van der Waals surface area (Å²) in [6.45, 7) is 1.35. The zero-order chi connectivity index (χ0) is 13.7. The number of halogens is 1. The highest BCUT2D eigenvalue weighted by Crippen LogP contribution is 2.20. The van der Waals surface area contributed by atoms with Crippen LogP contribution in [0.15, 0.2) is 18.2 Å². The van der Waals surface area contributed by atoms with Crippen LogP contribution in [0.1, 0.15) is 12.8 Å². The number of aromatic nitrogens is 4. The van der Waals surface area contributed by atoms with E-state index in [1.165, 1.54) is 12.1 Å². The average Bonchev–Trinajstić information content (AvgIpc) is 2.82. The van der Waals surface area contributed by atoms with E-state index in [1.54, 1.807) is 17.9 Å². The second-order valence-corrected chi connectivity index (χ2v) is 4.20. The van der Waals surface area contributed by atoms with Gasteiger partial charge in [0.15, 0.2) is 5.82 Å². The highest BCUT2D eigenvalue weighted by atomic mass is 19.1. The van der Waals surface area contributed by atoms with Gasteiger partial charge in [-0.15, -0.1) is 5.10 Å².